The highest BCUT2D eigenvalue weighted by Gasteiger charge is 2.54. The lowest BCUT2D eigenvalue weighted by atomic mass is 9.75. The molecule has 2 bridgehead atoms. The molecule has 0 atom stereocenters. The van der Waals surface area contributed by atoms with Crippen LogP contribution in [0.1, 0.15) is 18.4 Å². The van der Waals surface area contributed by atoms with E-state index < -0.39 is 0 Å². The van der Waals surface area contributed by atoms with Gasteiger partial charge in [-0.2, -0.15) is 0 Å². The Morgan fingerprint density at radius 2 is 2.33 bits per heavy atom. The summed E-state index contributed by atoms with van der Waals surface area (Å²) in [6, 6.07) is 2.24. The van der Waals surface area contributed by atoms with Gasteiger partial charge in [-0.3, -0.25) is 4.90 Å². The van der Waals surface area contributed by atoms with Gasteiger partial charge in [-0.15, -0.1) is 11.3 Å². The van der Waals surface area contributed by atoms with Gasteiger partial charge in [0.25, 0.3) is 0 Å². The van der Waals surface area contributed by atoms with Crippen LogP contribution in [0, 0.1) is 5.92 Å². The smallest absolute Gasteiger partial charge is 0.0743 e. The van der Waals surface area contributed by atoms with Gasteiger partial charge in [0.2, 0.25) is 0 Å². The number of hydrogen-bond acceptors (Lipinski definition) is 2. The standard InChI is InChI=1S/C11H13Br2NS/c12-7-11-3-8(4-11)5-14(11)6-9-1-2-15-10(9)13/h1-2,8H,3-7H2. The number of alkyl halides is 1. The molecule has 0 spiro atoms. The molecule has 15 heavy (non-hydrogen) atoms. The Balaban J connectivity index is 1.77. The van der Waals surface area contributed by atoms with Crippen LogP contribution in [0.3, 0.4) is 0 Å². The van der Waals surface area contributed by atoms with Gasteiger partial charge in [0, 0.05) is 24.0 Å². The highest BCUT2D eigenvalue weighted by Crippen LogP contribution is 2.52. The summed E-state index contributed by atoms with van der Waals surface area (Å²) in [5.74, 6) is 0.972. The predicted octanol–water partition coefficient (Wildman–Crippen LogP) is 3.87. The Bertz CT molecular complexity index is 370. The average Bonchev–Trinajstić information content (AvgIpc) is 2.79. The highest BCUT2D eigenvalue weighted by atomic mass is 79.9. The zero-order chi connectivity index (χ0) is 10.5. The van der Waals surface area contributed by atoms with Gasteiger partial charge >= 0.3 is 0 Å². The van der Waals surface area contributed by atoms with E-state index in [0.717, 1.165) is 17.8 Å². The lowest BCUT2D eigenvalue weighted by Gasteiger charge is -2.41. The Morgan fingerprint density at radius 3 is 2.93 bits per heavy atom. The van der Waals surface area contributed by atoms with Crippen molar-refractivity contribution < 1.29 is 0 Å². The molecule has 82 valence electrons. The Labute approximate surface area is 111 Å². The zero-order valence-corrected chi connectivity index (χ0v) is 12.4. The van der Waals surface area contributed by atoms with Crippen LogP contribution in [0.15, 0.2) is 15.2 Å². The van der Waals surface area contributed by atoms with Crippen molar-refractivity contribution in [1.82, 2.24) is 4.90 Å². The molecular formula is C11H13Br2NS. The molecule has 4 rings (SSSR count). The first-order valence-electron chi connectivity index (χ1n) is 5.26. The minimum absolute atomic E-state index is 0.492. The summed E-state index contributed by atoms with van der Waals surface area (Å²) in [5, 5.41) is 3.30. The molecular weight excluding hydrogens is 338 g/mol. The van der Waals surface area contributed by atoms with Crippen molar-refractivity contribution in [2.75, 3.05) is 11.9 Å². The summed E-state index contributed by atoms with van der Waals surface area (Å²) in [4.78, 5) is 2.67. The Morgan fingerprint density at radius 1 is 1.53 bits per heavy atom. The Hall–Kier alpha value is 0.620. The number of thiophene rings is 1. The first-order chi connectivity index (χ1) is 7.23. The molecule has 1 nitrogen and oxygen atoms in total. The molecule has 0 radical (unpaired) electrons. The SMILES string of the molecule is BrCC12CC(CN1Cc1ccsc1Br)C2. The fraction of sp³-hybridized carbons (Fsp3) is 0.636. The molecule has 2 saturated heterocycles. The third kappa shape index (κ3) is 1.65. The fourth-order valence-corrected chi connectivity index (χ4v) is 5.00. The third-order valence-corrected chi connectivity index (χ3v) is 6.64. The van der Waals surface area contributed by atoms with Crippen LogP contribution in [-0.4, -0.2) is 22.3 Å². The topological polar surface area (TPSA) is 3.24 Å². The lowest BCUT2D eigenvalue weighted by Crippen LogP contribution is -2.47. The molecule has 0 aromatic carbocycles. The zero-order valence-electron chi connectivity index (χ0n) is 8.38. The van der Waals surface area contributed by atoms with Crippen LogP contribution in [0.4, 0.5) is 0 Å². The summed E-state index contributed by atoms with van der Waals surface area (Å²) in [7, 11) is 0. The molecule has 1 saturated carbocycles. The summed E-state index contributed by atoms with van der Waals surface area (Å²) >= 11 is 9.10. The molecule has 1 aliphatic carbocycles. The molecule has 3 aliphatic rings. The van der Waals surface area contributed by atoms with Crippen LogP contribution < -0.4 is 0 Å². The molecule has 0 amide bonds. The summed E-state index contributed by atoms with van der Waals surface area (Å²) in [6.07, 6.45) is 2.81. The molecule has 0 unspecified atom stereocenters. The van der Waals surface area contributed by atoms with Gasteiger partial charge in [0.1, 0.15) is 0 Å². The van der Waals surface area contributed by atoms with E-state index >= 15 is 0 Å². The monoisotopic (exact) mass is 349 g/mol. The van der Waals surface area contributed by atoms with E-state index in [9.17, 15) is 0 Å². The third-order valence-electron chi connectivity index (χ3n) is 3.79. The molecule has 2 aliphatic heterocycles. The minimum Gasteiger partial charge on any atom is -0.292 e. The number of nitrogens with zero attached hydrogens (tertiary/aromatic N) is 1. The van der Waals surface area contributed by atoms with E-state index in [1.54, 1.807) is 11.3 Å². The summed E-state index contributed by atoms with van der Waals surface area (Å²) in [5.41, 5.74) is 1.94. The van der Waals surface area contributed by atoms with E-state index in [-0.39, 0.29) is 0 Å². The second-order valence-electron chi connectivity index (χ2n) is 4.73. The number of hydrogen-bond donors (Lipinski definition) is 0. The van der Waals surface area contributed by atoms with Crippen molar-refractivity contribution in [3.63, 3.8) is 0 Å². The van der Waals surface area contributed by atoms with Gasteiger partial charge < -0.3 is 0 Å². The quantitative estimate of drug-likeness (QED) is 0.748. The van der Waals surface area contributed by atoms with E-state index in [4.69, 9.17) is 0 Å². The first-order valence-corrected chi connectivity index (χ1v) is 8.06. The van der Waals surface area contributed by atoms with Crippen LogP contribution in [0.5, 0.6) is 0 Å². The largest absolute Gasteiger partial charge is 0.292 e. The Kier molecular flexibility index (Phi) is 2.74. The highest BCUT2D eigenvalue weighted by molar-refractivity contribution is 9.11. The van der Waals surface area contributed by atoms with Crippen molar-refractivity contribution in [3.8, 4) is 0 Å². The van der Waals surface area contributed by atoms with Crippen LogP contribution in [0.25, 0.3) is 0 Å². The first kappa shape index (κ1) is 10.8. The summed E-state index contributed by atoms with van der Waals surface area (Å²) < 4.78 is 1.30. The maximum Gasteiger partial charge on any atom is 0.0743 e. The second-order valence-corrected chi connectivity index (χ2v) is 7.53. The molecule has 0 N–H and O–H groups in total. The van der Waals surface area contributed by atoms with E-state index in [0.29, 0.717) is 5.54 Å². The lowest BCUT2D eigenvalue weighted by molar-refractivity contribution is 0.130. The van der Waals surface area contributed by atoms with Gasteiger partial charge in [-0.05, 0) is 51.7 Å². The maximum absolute atomic E-state index is 3.68. The molecule has 1 aromatic rings. The minimum atomic E-state index is 0.492. The van der Waals surface area contributed by atoms with Crippen LogP contribution >= 0.6 is 43.2 Å². The molecule has 3 fully saturated rings. The number of halogens is 2. The molecule has 1 aromatic heterocycles. The van der Waals surface area contributed by atoms with Gasteiger partial charge in [0.05, 0.1) is 3.79 Å². The number of rotatable bonds is 3. The molecule has 4 heteroatoms. The van der Waals surface area contributed by atoms with Crippen molar-refractivity contribution in [1.29, 1.82) is 0 Å². The van der Waals surface area contributed by atoms with Crippen molar-refractivity contribution >= 4 is 43.2 Å². The maximum atomic E-state index is 3.68. The predicted molar refractivity (Wildman–Crippen MR) is 71.7 cm³/mol. The van der Waals surface area contributed by atoms with Gasteiger partial charge in [0.15, 0.2) is 0 Å². The van der Waals surface area contributed by atoms with Gasteiger partial charge in [-0.1, -0.05) is 15.9 Å². The van der Waals surface area contributed by atoms with Crippen molar-refractivity contribution in [2.24, 2.45) is 5.92 Å². The van der Waals surface area contributed by atoms with E-state index in [2.05, 4.69) is 48.2 Å². The van der Waals surface area contributed by atoms with Crippen LogP contribution in [0.2, 0.25) is 0 Å². The molecule has 3 heterocycles. The number of fused-ring (bicyclic) bond motifs is 1. The van der Waals surface area contributed by atoms with E-state index in [1.165, 1.54) is 28.7 Å². The fourth-order valence-electron chi connectivity index (χ4n) is 2.97. The normalized spacial score (nSPS) is 34.4. The summed E-state index contributed by atoms with van der Waals surface area (Å²) in [6.45, 7) is 2.42. The van der Waals surface area contributed by atoms with Crippen molar-refractivity contribution in [2.45, 2.75) is 24.9 Å². The van der Waals surface area contributed by atoms with E-state index in [1.807, 2.05) is 0 Å². The van der Waals surface area contributed by atoms with Gasteiger partial charge in [-0.25, -0.2) is 0 Å². The second kappa shape index (κ2) is 3.83. The average molecular weight is 351 g/mol. The van der Waals surface area contributed by atoms with Crippen molar-refractivity contribution in [3.05, 3.63) is 20.8 Å². The van der Waals surface area contributed by atoms with Crippen LogP contribution in [-0.2, 0) is 6.54 Å².